The highest BCUT2D eigenvalue weighted by Crippen LogP contribution is 2.11. The van der Waals surface area contributed by atoms with Gasteiger partial charge in [0.15, 0.2) is 10.9 Å². The fourth-order valence-corrected chi connectivity index (χ4v) is 3.12. The van der Waals surface area contributed by atoms with Crippen molar-refractivity contribution < 1.29 is 4.39 Å². The van der Waals surface area contributed by atoms with Gasteiger partial charge in [0.05, 0.1) is 12.2 Å². The van der Waals surface area contributed by atoms with Crippen LogP contribution < -0.4 is 5.32 Å². The number of benzene rings is 1. The molecule has 0 saturated carbocycles. The molecule has 0 aliphatic rings. The summed E-state index contributed by atoms with van der Waals surface area (Å²) >= 11 is 1.61. The summed E-state index contributed by atoms with van der Waals surface area (Å²) in [6.45, 7) is 1.17. The molecule has 3 rings (SSSR count). The maximum atomic E-state index is 13.3. The van der Waals surface area contributed by atoms with Crippen molar-refractivity contribution in [3.05, 3.63) is 59.1 Å². The number of rotatable bonds is 4. The molecule has 2 heterocycles. The Labute approximate surface area is 161 Å². The molecule has 0 spiro atoms. The normalized spacial score (nSPS) is 11.4. The van der Waals surface area contributed by atoms with Gasteiger partial charge in [0.1, 0.15) is 5.82 Å². The number of hydrogen-bond donors (Lipinski definition) is 1. The second-order valence-corrected chi connectivity index (χ2v) is 6.08. The van der Waals surface area contributed by atoms with Gasteiger partial charge in [-0.25, -0.2) is 9.37 Å². The van der Waals surface area contributed by atoms with Crippen molar-refractivity contribution in [2.45, 2.75) is 13.1 Å². The summed E-state index contributed by atoms with van der Waals surface area (Å²) in [5, 5.41) is 5.29. The van der Waals surface area contributed by atoms with Gasteiger partial charge >= 0.3 is 0 Å². The summed E-state index contributed by atoms with van der Waals surface area (Å²) in [5.41, 5.74) is 1.86. The van der Waals surface area contributed by atoms with Crippen LogP contribution in [0.3, 0.4) is 0 Å². The van der Waals surface area contributed by atoms with Crippen LogP contribution in [0.25, 0.3) is 4.96 Å². The summed E-state index contributed by atoms with van der Waals surface area (Å²) in [6, 6.07) is 6.59. The third-order valence-electron chi connectivity index (χ3n) is 3.45. The first-order valence-corrected chi connectivity index (χ1v) is 8.11. The molecular weight excluding hydrogens is 440 g/mol. The molecule has 8 heteroatoms. The molecule has 3 aromatic rings. The number of halogens is 2. The number of thiazole rings is 1. The zero-order valence-corrected chi connectivity index (χ0v) is 16.6. The Morgan fingerprint density at radius 2 is 2.29 bits per heavy atom. The van der Waals surface area contributed by atoms with Crippen molar-refractivity contribution >= 4 is 46.2 Å². The predicted molar refractivity (Wildman–Crippen MR) is 107 cm³/mol. The molecule has 0 aliphatic heterocycles. The molecule has 0 aliphatic carbocycles. The zero-order chi connectivity index (χ0) is 16.2. The Hall–Kier alpha value is -1.68. The highest BCUT2D eigenvalue weighted by atomic mass is 127. The van der Waals surface area contributed by atoms with Gasteiger partial charge in [-0.3, -0.25) is 9.39 Å². The second kappa shape index (κ2) is 8.43. The number of nitrogens with one attached hydrogen (secondary N) is 1. The maximum Gasteiger partial charge on any atom is 0.194 e. The second-order valence-electron chi connectivity index (χ2n) is 5.21. The van der Waals surface area contributed by atoms with E-state index in [1.54, 1.807) is 24.5 Å². The number of aliphatic imine (C=N–C) groups is 1. The van der Waals surface area contributed by atoms with Gasteiger partial charge in [0, 0.05) is 38.4 Å². The van der Waals surface area contributed by atoms with E-state index in [0.29, 0.717) is 13.1 Å². The van der Waals surface area contributed by atoms with Crippen LogP contribution in [0.5, 0.6) is 0 Å². The lowest BCUT2D eigenvalue weighted by Crippen LogP contribution is -2.38. The molecule has 0 radical (unpaired) electrons. The van der Waals surface area contributed by atoms with Crippen molar-refractivity contribution in [1.82, 2.24) is 19.6 Å². The largest absolute Gasteiger partial charge is 0.351 e. The van der Waals surface area contributed by atoms with E-state index in [4.69, 9.17) is 0 Å². The van der Waals surface area contributed by atoms with Gasteiger partial charge in [-0.05, 0) is 17.7 Å². The Bertz CT molecular complexity index is 800. The maximum absolute atomic E-state index is 13.3. The Morgan fingerprint density at radius 1 is 1.46 bits per heavy atom. The lowest BCUT2D eigenvalue weighted by atomic mass is 10.2. The van der Waals surface area contributed by atoms with Gasteiger partial charge < -0.3 is 10.2 Å². The molecule has 0 unspecified atom stereocenters. The van der Waals surface area contributed by atoms with Gasteiger partial charge in [-0.1, -0.05) is 12.1 Å². The Kier molecular flexibility index (Phi) is 6.55. The van der Waals surface area contributed by atoms with Crippen LogP contribution in [-0.4, -0.2) is 34.3 Å². The first kappa shape index (κ1) is 18.7. The zero-order valence-electron chi connectivity index (χ0n) is 13.4. The van der Waals surface area contributed by atoms with Crippen molar-refractivity contribution in [1.29, 1.82) is 0 Å². The van der Waals surface area contributed by atoms with Crippen LogP contribution in [0.15, 0.2) is 47.0 Å². The molecular formula is C16H19FIN5S. The highest BCUT2D eigenvalue weighted by molar-refractivity contribution is 14.0. The number of guanidine groups is 1. The van der Waals surface area contributed by atoms with E-state index in [1.807, 2.05) is 40.2 Å². The van der Waals surface area contributed by atoms with Crippen molar-refractivity contribution in [2.75, 3.05) is 14.1 Å². The standard InChI is InChI=1S/C16H18FN5S.HI/c1-18-15(21(2)10-12-4-3-5-13(17)8-12)19-9-14-11-22-6-7-23-16(22)20-14;/h3-8,11H,9-10H2,1-2H3,(H,18,19);1H. The minimum atomic E-state index is -0.225. The van der Waals surface area contributed by atoms with Crippen molar-refractivity contribution in [3.63, 3.8) is 0 Å². The quantitative estimate of drug-likeness (QED) is 0.370. The van der Waals surface area contributed by atoms with Gasteiger partial charge in [-0.15, -0.1) is 35.3 Å². The first-order chi connectivity index (χ1) is 11.2. The van der Waals surface area contributed by atoms with Crippen LogP contribution in [-0.2, 0) is 13.1 Å². The number of aromatic nitrogens is 2. The molecule has 0 bridgehead atoms. The van der Waals surface area contributed by atoms with E-state index in [9.17, 15) is 4.39 Å². The monoisotopic (exact) mass is 459 g/mol. The molecule has 0 amide bonds. The van der Waals surface area contributed by atoms with E-state index in [0.717, 1.165) is 22.2 Å². The average Bonchev–Trinajstić information content (AvgIpc) is 3.09. The van der Waals surface area contributed by atoms with Crippen molar-refractivity contribution in [3.8, 4) is 0 Å². The number of hydrogen-bond acceptors (Lipinski definition) is 3. The molecule has 128 valence electrons. The summed E-state index contributed by atoms with van der Waals surface area (Å²) in [6.07, 6.45) is 3.99. The lowest BCUT2D eigenvalue weighted by Gasteiger charge is -2.21. The molecule has 0 fully saturated rings. The van der Waals surface area contributed by atoms with Crippen molar-refractivity contribution in [2.24, 2.45) is 4.99 Å². The van der Waals surface area contributed by atoms with Gasteiger partial charge in [-0.2, -0.15) is 0 Å². The van der Waals surface area contributed by atoms with Crippen LogP contribution in [0.4, 0.5) is 4.39 Å². The third-order valence-corrected chi connectivity index (χ3v) is 4.22. The number of imidazole rings is 1. The van der Waals surface area contributed by atoms with E-state index in [1.165, 1.54) is 12.1 Å². The summed E-state index contributed by atoms with van der Waals surface area (Å²) < 4.78 is 15.3. The Balaban J connectivity index is 0.00000208. The van der Waals surface area contributed by atoms with E-state index >= 15 is 0 Å². The lowest BCUT2D eigenvalue weighted by molar-refractivity contribution is 0.474. The average molecular weight is 459 g/mol. The molecule has 5 nitrogen and oxygen atoms in total. The third kappa shape index (κ3) is 4.44. The molecule has 0 saturated heterocycles. The first-order valence-electron chi connectivity index (χ1n) is 7.23. The van der Waals surface area contributed by atoms with Gasteiger partial charge in [0.25, 0.3) is 0 Å². The SMILES string of the molecule is CN=C(NCc1cn2ccsc2n1)N(C)Cc1cccc(F)c1.I. The van der Waals surface area contributed by atoms with Crippen LogP contribution >= 0.6 is 35.3 Å². The molecule has 2 aromatic heterocycles. The number of nitrogens with zero attached hydrogens (tertiary/aromatic N) is 4. The Morgan fingerprint density at radius 3 is 3.00 bits per heavy atom. The fourth-order valence-electron chi connectivity index (χ4n) is 2.40. The highest BCUT2D eigenvalue weighted by Gasteiger charge is 2.09. The topological polar surface area (TPSA) is 44.9 Å². The van der Waals surface area contributed by atoms with E-state index < -0.39 is 0 Å². The van der Waals surface area contributed by atoms with Gasteiger partial charge in [0.2, 0.25) is 0 Å². The predicted octanol–water partition coefficient (Wildman–Crippen LogP) is 3.36. The summed E-state index contributed by atoms with van der Waals surface area (Å²) in [4.78, 5) is 11.7. The fraction of sp³-hybridized carbons (Fsp3) is 0.250. The van der Waals surface area contributed by atoms with E-state index in [2.05, 4.69) is 15.3 Å². The smallest absolute Gasteiger partial charge is 0.194 e. The molecule has 1 aromatic carbocycles. The minimum absolute atomic E-state index is 0. The summed E-state index contributed by atoms with van der Waals surface area (Å²) in [7, 11) is 3.65. The van der Waals surface area contributed by atoms with Crippen LogP contribution in [0.2, 0.25) is 0 Å². The number of fused-ring (bicyclic) bond motifs is 1. The molecule has 0 atom stereocenters. The van der Waals surface area contributed by atoms with Crippen LogP contribution in [0.1, 0.15) is 11.3 Å². The molecule has 24 heavy (non-hydrogen) atoms. The van der Waals surface area contributed by atoms with E-state index in [-0.39, 0.29) is 29.8 Å². The molecule has 1 N–H and O–H groups in total. The summed E-state index contributed by atoms with van der Waals surface area (Å²) in [5.74, 6) is 0.516. The minimum Gasteiger partial charge on any atom is -0.351 e. The van der Waals surface area contributed by atoms with Crippen LogP contribution in [0, 0.1) is 5.82 Å².